The highest BCUT2D eigenvalue weighted by atomic mass is 16.5. The number of hydrogen-bond donors (Lipinski definition) is 4. The number of rotatable bonds is 3. The lowest BCUT2D eigenvalue weighted by Crippen LogP contribution is -2.35. The van der Waals surface area contributed by atoms with Gasteiger partial charge in [-0.3, -0.25) is 14.8 Å². The zero-order valence-corrected chi connectivity index (χ0v) is 7.73. The summed E-state index contributed by atoms with van der Waals surface area (Å²) in [6.07, 6.45) is 0. The molecule has 0 aliphatic rings. The first-order valence-electron chi connectivity index (χ1n) is 4.13. The van der Waals surface area contributed by atoms with E-state index in [9.17, 15) is 9.59 Å². The minimum atomic E-state index is -0.706. The second-order valence-corrected chi connectivity index (χ2v) is 2.76. The van der Waals surface area contributed by atoms with Gasteiger partial charge in [-0.05, 0) is 24.3 Å². The molecule has 80 valence electrons. The highest BCUT2D eigenvalue weighted by molar-refractivity contribution is 5.96. The molecule has 15 heavy (non-hydrogen) atoms. The fourth-order valence-corrected chi connectivity index (χ4v) is 0.915. The van der Waals surface area contributed by atoms with Gasteiger partial charge in [-0.1, -0.05) is 0 Å². The van der Waals surface area contributed by atoms with Crippen molar-refractivity contribution in [1.82, 2.24) is 10.8 Å². The van der Waals surface area contributed by atoms with Crippen molar-refractivity contribution in [1.29, 1.82) is 0 Å². The first kappa shape index (κ1) is 11.0. The van der Waals surface area contributed by atoms with Crippen LogP contribution >= 0.6 is 0 Å². The Morgan fingerprint density at radius 1 is 1.20 bits per heavy atom. The molecule has 0 saturated heterocycles. The first-order valence-corrected chi connectivity index (χ1v) is 4.13. The molecule has 6 nitrogen and oxygen atoms in total. The van der Waals surface area contributed by atoms with Gasteiger partial charge >= 0.3 is 0 Å². The fourth-order valence-electron chi connectivity index (χ4n) is 0.915. The van der Waals surface area contributed by atoms with Gasteiger partial charge in [-0.25, -0.2) is 5.48 Å². The first-order chi connectivity index (χ1) is 7.13. The number of aromatic hydroxyl groups is 1. The number of benzene rings is 1. The molecule has 2 amide bonds. The molecule has 0 aliphatic carbocycles. The lowest BCUT2D eigenvalue weighted by molar-refractivity contribution is -0.128. The molecule has 6 heteroatoms. The van der Waals surface area contributed by atoms with E-state index in [0.29, 0.717) is 5.56 Å². The van der Waals surface area contributed by atoms with Gasteiger partial charge in [0, 0.05) is 5.56 Å². The van der Waals surface area contributed by atoms with Crippen molar-refractivity contribution in [2.45, 2.75) is 0 Å². The Bertz CT molecular complexity index is 361. The van der Waals surface area contributed by atoms with Gasteiger partial charge in [0.15, 0.2) is 0 Å². The van der Waals surface area contributed by atoms with Crippen molar-refractivity contribution < 1.29 is 19.9 Å². The molecule has 1 rings (SSSR count). The normalized spacial score (nSPS) is 9.40. The average molecular weight is 210 g/mol. The van der Waals surface area contributed by atoms with Gasteiger partial charge in [0.2, 0.25) is 0 Å². The number of nitrogens with one attached hydrogen (secondary N) is 2. The Labute approximate surface area is 85.5 Å². The minimum absolute atomic E-state index is 0.0552. The van der Waals surface area contributed by atoms with Crippen LogP contribution in [0.1, 0.15) is 10.4 Å². The van der Waals surface area contributed by atoms with E-state index in [1.165, 1.54) is 29.7 Å². The van der Waals surface area contributed by atoms with E-state index in [4.69, 9.17) is 10.3 Å². The predicted octanol–water partition coefficient (Wildman–Crippen LogP) is -0.373. The highest BCUT2D eigenvalue weighted by Crippen LogP contribution is 2.08. The summed E-state index contributed by atoms with van der Waals surface area (Å²) in [6, 6.07) is 5.56. The highest BCUT2D eigenvalue weighted by Gasteiger charge is 2.06. The molecule has 0 bridgehead atoms. The van der Waals surface area contributed by atoms with Crippen LogP contribution in [0.4, 0.5) is 0 Å². The van der Waals surface area contributed by atoms with Crippen LogP contribution in [-0.4, -0.2) is 28.7 Å². The minimum Gasteiger partial charge on any atom is -0.508 e. The monoisotopic (exact) mass is 210 g/mol. The van der Waals surface area contributed by atoms with E-state index in [0.717, 1.165) is 0 Å². The molecule has 0 saturated carbocycles. The Hall–Kier alpha value is -2.08. The number of amides is 2. The zero-order chi connectivity index (χ0) is 11.3. The van der Waals surface area contributed by atoms with Gasteiger partial charge < -0.3 is 10.4 Å². The van der Waals surface area contributed by atoms with Crippen LogP contribution in [-0.2, 0) is 4.79 Å². The number of phenolic OH excluding ortho intramolecular Hbond substituents is 1. The van der Waals surface area contributed by atoms with Crippen LogP contribution in [0.5, 0.6) is 5.75 Å². The second kappa shape index (κ2) is 4.97. The molecule has 0 aromatic heterocycles. The smallest absolute Gasteiger partial charge is 0.262 e. The van der Waals surface area contributed by atoms with Crippen molar-refractivity contribution in [3.05, 3.63) is 29.8 Å². The fraction of sp³-hybridized carbons (Fsp3) is 0.111. The molecule has 0 aliphatic heterocycles. The summed E-state index contributed by atoms with van der Waals surface area (Å²) in [7, 11) is 0. The number of phenols is 1. The molecule has 0 heterocycles. The van der Waals surface area contributed by atoms with E-state index in [1.54, 1.807) is 0 Å². The molecule has 0 atom stereocenters. The Kier molecular flexibility index (Phi) is 3.64. The van der Waals surface area contributed by atoms with Crippen LogP contribution in [0, 0.1) is 0 Å². The van der Waals surface area contributed by atoms with Crippen molar-refractivity contribution in [3.8, 4) is 5.75 Å². The van der Waals surface area contributed by atoms with Crippen LogP contribution in [0.15, 0.2) is 24.3 Å². The van der Waals surface area contributed by atoms with Gasteiger partial charge in [0.1, 0.15) is 5.75 Å². The topological polar surface area (TPSA) is 98.7 Å². The Morgan fingerprint density at radius 2 is 1.80 bits per heavy atom. The van der Waals surface area contributed by atoms with Gasteiger partial charge in [0.05, 0.1) is 6.54 Å². The summed E-state index contributed by atoms with van der Waals surface area (Å²) in [5.74, 6) is -1.11. The molecule has 0 radical (unpaired) electrons. The van der Waals surface area contributed by atoms with E-state index >= 15 is 0 Å². The standard InChI is InChI=1S/C9H10N2O4/c12-7-3-1-6(2-4-7)9(14)10-5-8(13)11-15/h1-4,12,15H,5H2,(H,10,14)(H,11,13). The van der Waals surface area contributed by atoms with Crippen LogP contribution in [0.2, 0.25) is 0 Å². The maximum Gasteiger partial charge on any atom is 0.262 e. The van der Waals surface area contributed by atoms with Crippen molar-refractivity contribution in [2.75, 3.05) is 6.54 Å². The molecular weight excluding hydrogens is 200 g/mol. The Balaban J connectivity index is 2.54. The number of carbonyl (C=O) groups excluding carboxylic acids is 2. The number of carbonyl (C=O) groups is 2. The molecule has 1 aromatic rings. The molecule has 0 unspecified atom stereocenters. The molecule has 0 spiro atoms. The summed E-state index contributed by atoms with van der Waals surface area (Å²) in [5.41, 5.74) is 1.71. The average Bonchev–Trinajstić information content (AvgIpc) is 2.26. The summed E-state index contributed by atoms with van der Waals surface area (Å²) >= 11 is 0. The largest absolute Gasteiger partial charge is 0.508 e. The van der Waals surface area contributed by atoms with Crippen molar-refractivity contribution >= 4 is 11.8 Å². The van der Waals surface area contributed by atoms with Crippen LogP contribution < -0.4 is 10.8 Å². The van der Waals surface area contributed by atoms with Crippen LogP contribution in [0.3, 0.4) is 0 Å². The maximum atomic E-state index is 11.3. The molecular formula is C9H10N2O4. The summed E-state index contributed by atoms with van der Waals surface area (Å²) in [6.45, 7) is -0.309. The van der Waals surface area contributed by atoms with Crippen molar-refractivity contribution in [2.24, 2.45) is 0 Å². The van der Waals surface area contributed by atoms with Crippen molar-refractivity contribution in [3.63, 3.8) is 0 Å². The maximum absolute atomic E-state index is 11.3. The molecule has 1 aromatic carbocycles. The third-order valence-electron chi connectivity index (χ3n) is 1.66. The van der Waals surface area contributed by atoms with Gasteiger partial charge in [0.25, 0.3) is 11.8 Å². The molecule has 4 N–H and O–H groups in total. The summed E-state index contributed by atoms with van der Waals surface area (Å²) in [5, 5.41) is 19.4. The van der Waals surface area contributed by atoms with E-state index < -0.39 is 11.8 Å². The van der Waals surface area contributed by atoms with E-state index in [1.807, 2.05) is 0 Å². The Morgan fingerprint density at radius 3 is 2.33 bits per heavy atom. The quantitative estimate of drug-likeness (QED) is 0.404. The number of hydrogen-bond acceptors (Lipinski definition) is 4. The third kappa shape index (κ3) is 3.28. The predicted molar refractivity (Wildman–Crippen MR) is 50.4 cm³/mol. The van der Waals surface area contributed by atoms with E-state index in [2.05, 4.69) is 5.32 Å². The lowest BCUT2D eigenvalue weighted by atomic mass is 10.2. The van der Waals surface area contributed by atoms with Gasteiger partial charge in [-0.15, -0.1) is 0 Å². The summed E-state index contributed by atoms with van der Waals surface area (Å²) < 4.78 is 0. The summed E-state index contributed by atoms with van der Waals surface area (Å²) in [4.78, 5) is 21.9. The van der Waals surface area contributed by atoms with Crippen LogP contribution in [0.25, 0.3) is 0 Å². The van der Waals surface area contributed by atoms with E-state index in [-0.39, 0.29) is 12.3 Å². The SMILES string of the molecule is O=C(CNC(=O)c1ccc(O)cc1)NO. The molecule has 0 fully saturated rings. The third-order valence-corrected chi connectivity index (χ3v) is 1.66. The zero-order valence-electron chi connectivity index (χ0n) is 7.73. The lowest BCUT2D eigenvalue weighted by Gasteiger charge is -2.03. The number of hydroxylamine groups is 1. The second-order valence-electron chi connectivity index (χ2n) is 2.76. The van der Waals surface area contributed by atoms with Gasteiger partial charge in [-0.2, -0.15) is 0 Å².